The molecule has 6 N–H and O–H groups in total. The standard InChI is InChI=1S/C26H31FN6O2/c1-2-12-35-23-14-17(13-22(31-23)16-8-4-3-5-9-16)30-25-18(24(29)34)15-19(27)26(33-25)32-21-11-7-6-10-20(21)28/h3-5,8-9,13-15,20-21H,2,6-7,10-12,28H2,1H3,(H2,29,34)(H2,30,31,32,33)/t20-,21?/m0/s1. The fourth-order valence-electron chi connectivity index (χ4n) is 4.14. The summed E-state index contributed by atoms with van der Waals surface area (Å²) in [5, 5.41) is 6.25. The molecule has 1 fully saturated rings. The number of hydrogen-bond donors (Lipinski definition) is 4. The van der Waals surface area contributed by atoms with Crippen molar-refractivity contribution in [3.8, 4) is 17.1 Å². The van der Waals surface area contributed by atoms with Crippen molar-refractivity contribution >= 4 is 23.2 Å². The molecule has 0 aliphatic heterocycles. The van der Waals surface area contributed by atoms with Gasteiger partial charge in [0, 0.05) is 29.4 Å². The van der Waals surface area contributed by atoms with Gasteiger partial charge >= 0.3 is 0 Å². The number of carbonyl (C=O) groups is 1. The molecule has 1 aliphatic carbocycles. The maximum Gasteiger partial charge on any atom is 0.252 e. The Morgan fingerprint density at radius 1 is 1.11 bits per heavy atom. The summed E-state index contributed by atoms with van der Waals surface area (Å²) < 4.78 is 20.6. The van der Waals surface area contributed by atoms with Gasteiger partial charge in [-0.15, -0.1) is 0 Å². The lowest BCUT2D eigenvalue weighted by molar-refractivity contribution is 0.100. The number of halogens is 1. The molecule has 3 aromatic rings. The number of rotatable bonds is 9. The summed E-state index contributed by atoms with van der Waals surface area (Å²) in [6, 6.07) is 14.1. The smallest absolute Gasteiger partial charge is 0.252 e. The number of ether oxygens (including phenoxy) is 1. The molecular formula is C26H31FN6O2. The molecule has 1 unspecified atom stereocenters. The van der Waals surface area contributed by atoms with Gasteiger partial charge in [-0.1, -0.05) is 50.1 Å². The summed E-state index contributed by atoms with van der Waals surface area (Å²) in [4.78, 5) is 21.1. The van der Waals surface area contributed by atoms with Crippen LogP contribution in [0.3, 0.4) is 0 Å². The number of amides is 1. The number of nitrogens with two attached hydrogens (primary N) is 2. The molecule has 1 amide bonds. The lowest BCUT2D eigenvalue weighted by Crippen LogP contribution is -2.43. The highest BCUT2D eigenvalue weighted by Gasteiger charge is 2.24. The van der Waals surface area contributed by atoms with Gasteiger partial charge in [-0.3, -0.25) is 4.79 Å². The highest BCUT2D eigenvalue weighted by atomic mass is 19.1. The van der Waals surface area contributed by atoms with Crippen LogP contribution in [-0.2, 0) is 0 Å². The minimum absolute atomic E-state index is 0.0274. The van der Waals surface area contributed by atoms with Crippen LogP contribution >= 0.6 is 0 Å². The molecule has 1 saturated carbocycles. The van der Waals surface area contributed by atoms with Gasteiger partial charge in [0.15, 0.2) is 11.6 Å². The SMILES string of the molecule is CCCOc1cc(Nc2nc(NC3CCCC[C@@H]3N)c(F)cc2C(N)=O)cc(-c2ccccc2)n1. The van der Waals surface area contributed by atoms with E-state index in [1.54, 1.807) is 6.07 Å². The maximum absolute atomic E-state index is 14.9. The Morgan fingerprint density at radius 2 is 1.89 bits per heavy atom. The molecule has 8 nitrogen and oxygen atoms in total. The highest BCUT2D eigenvalue weighted by molar-refractivity contribution is 5.98. The van der Waals surface area contributed by atoms with E-state index in [0.717, 1.165) is 43.7 Å². The monoisotopic (exact) mass is 478 g/mol. The predicted octanol–water partition coefficient (Wildman–Crippen LogP) is 4.60. The number of nitrogens with one attached hydrogen (secondary N) is 2. The second-order valence-electron chi connectivity index (χ2n) is 8.70. The average Bonchev–Trinajstić information content (AvgIpc) is 2.86. The van der Waals surface area contributed by atoms with Crippen molar-refractivity contribution in [1.82, 2.24) is 9.97 Å². The van der Waals surface area contributed by atoms with Crippen molar-refractivity contribution in [1.29, 1.82) is 0 Å². The Morgan fingerprint density at radius 3 is 2.60 bits per heavy atom. The van der Waals surface area contributed by atoms with Gasteiger partial charge in [0.2, 0.25) is 5.88 Å². The van der Waals surface area contributed by atoms with Crippen molar-refractivity contribution in [2.24, 2.45) is 11.5 Å². The fraction of sp³-hybridized carbons (Fsp3) is 0.346. The summed E-state index contributed by atoms with van der Waals surface area (Å²) in [5.41, 5.74) is 13.9. The topological polar surface area (TPSA) is 128 Å². The minimum Gasteiger partial charge on any atom is -0.478 e. The molecule has 2 atom stereocenters. The lowest BCUT2D eigenvalue weighted by atomic mass is 9.91. The van der Waals surface area contributed by atoms with E-state index < -0.39 is 11.7 Å². The molecule has 1 aliphatic rings. The summed E-state index contributed by atoms with van der Waals surface area (Å²) in [7, 11) is 0. The van der Waals surface area contributed by atoms with Crippen LogP contribution < -0.4 is 26.8 Å². The Bertz CT molecular complexity index is 1170. The van der Waals surface area contributed by atoms with Crippen molar-refractivity contribution in [3.63, 3.8) is 0 Å². The van der Waals surface area contributed by atoms with E-state index in [4.69, 9.17) is 16.2 Å². The summed E-state index contributed by atoms with van der Waals surface area (Å²) >= 11 is 0. The zero-order valence-electron chi connectivity index (χ0n) is 19.8. The third kappa shape index (κ3) is 6.05. The molecule has 2 aromatic heterocycles. The van der Waals surface area contributed by atoms with Crippen LogP contribution in [0.5, 0.6) is 5.88 Å². The van der Waals surface area contributed by atoms with E-state index in [2.05, 4.69) is 20.6 Å². The first-order chi connectivity index (χ1) is 16.9. The van der Waals surface area contributed by atoms with Gasteiger partial charge in [0.25, 0.3) is 5.91 Å². The van der Waals surface area contributed by atoms with Crippen LogP contribution in [0.4, 0.5) is 21.7 Å². The zero-order valence-corrected chi connectivity index (χ0v) is 19.8. The third-order valence-electron chi connectivity index (χ3n) is 5.97. The fourth-order valence-corrected chi connectivity index (χ4v) is 4.14. The van der Waals surface area contributed by atoms with Gasteiger partial charge in [-0.2, -0.15) is 0 Å². The molecule has 0 bridgehead atoms. The van der Waals surface area contributed by atoms with Crippen LogP contribution in [0.2, 0.25) is 0 Å². The molecule has 9 heteroatoms. The van der Waals surface area contributed by atoms with Crippen LogP contribution in [0.25, 0.3) is 11.3 Å². The second kappa shape index (κ2) is 11.1. The van der Waals surface area contributed by atoms with Crippen molar-refractivity contribution in [3.05, 3.63) is 59.9 Å². The first kappa shape index (κ1) is 24.4. The highest BCUT2D eigenvalue weighted by Crippen LogP contribution is 2.30. The van der Waals surface area contributed by atoms with E-state index in [1.165, 1.54) is 0 Å². The second-order valence-corrected chi connectivity index (χ2v) is 8.70. The number of anilines is 3. The van der Waals surface area contributed by atoms with E-state index in [-0.39, 0.29) is 29.3 Å². The molecule has 4 rings (SSSR count). The van der Waals surface area contributed by atoms with Crippen molar-refractivity contribution in [2.75, 3.05) is 17.2 Å². The number of primary amides is 1. The first-order valence-corrected chi connectivity index (χ1v) is 11.9. The number of benzene rings is 1. The molecule has 184 valence electrons. The molecule has 1 aromatic carbocycles. The average molecular weight is 479 g/mol. The van der Waals surface area contributed by atoms with Gasteiger partial charge in [0.1, 0.15) is 5.82 Å². The van der Waals surface area contributed by atoms with E-state index in [0.29, 0.717) is 23.9 Å². The summed E-state index contributed by atoms with van der Waals surface area (Å²) in [6.07, 6.45) is 4.58. The van der Waals surface area contributed by atoms with Crippen LogP contribution in [0.15, 0.2) is 48.5 Å². The molecule has 35 heavy (non-hydrogen) atoms. The van der Waals surface area contributed by atoms with Gasteiger partial charge in [-0.25, -0.2) is 14.4 Å². The van der Waals surface area contributed by atoms with Gasteiger partial charge < -0.3 is 26.8 Å². The number of nitrogens with zero attached hydrogens (tertiary/aromatic N) is 2. The largest absolute Gasteiger partial charge is 0.478 e. The molecule has 0 spiro atoms. The molecule has 0 radical (unpaired) electrons. The first-order valence-electron chi connectivity index (χ1n) is 11.9. The predicted molar refractivity (Wildman–Crippen MR) is 135 cm³/mol. The Labute approximate surface area is 204 Å². The number of carbonyl (C=O) groups excluding carboxylic acids is 1. The maximum atomic E-state index is 14.9. The minimum atomic E-state index is -0.792. The van der Waals surface area contributed by atoms with Gasteiger partial charge in [-0.05, 0) is 31.4 Å². The normalized spacial score (nSPS) is 17.6. The number of aromatic nitrogens is 2. The van der Waals surface area contributed by atoms with Crippen LogP contribution in [0, 0.1) is 5.82 Å². The zero-order chi connectivity index (χ0) is 24.8. The van der Waals surface area contributed by atoms with Gasteiger partial charge in [0.05, 0.1) is 17.9 Å². The Balaban J connectivity index is 1.70. The lowest BCUT2D eigenvalue weighted by Gasteiger charge is -2.30. The van der Waals surface area contributed by atoms with E-state index in [9.17, 15) is 9.18 Å². The molecular weight excluding hydrogens is 447 g/mol. The Kier molecular flexibility index (Phi) is 7.77. The third-order valence-corrected chi connectivity index (χ3v) is 5.97. The summed E-state index contributed by atoms with van der Waals surface area (Å²) in [5.74, 6) is -0.865. The van der Waals surface area contributed by atoms with Crippen LogP contribution in [-0.4, -0.2) is 34.6 Å². The van der Waals surface area contributed by atoms with Crippen molar-refractivity contribution in [2.45, 2.75) is 51.1 Å². The van der Waals surface area contributed by atoms with Crippen LogP contribution in [0.1, 0.15) is 49.4 Å². The van der Waals surface area contributed by atoms with E-state index >= 15 is 0 Å². The number of hydrogen-bond acceptors (Lipinski definition) is 7. The quantitative estimate of drug-likeness (QED) is 0.354. The molecule has 2 heterocycles. The number of pyridine rings is 2. The molecule has 0 saturated heterocycles. The Hall–Kier alpha value is -3.72. The summed E-state index contributed by atoms with van der Waals surface area (Å²) in [6.45, 7) is 2.51. The van der Waals surface area contributed by atoms with E-state index in [1.807, 2.05) is 43.3 Å². The van der Waals surface area contributed by atoms with Crippen molar-refractivity contribution < 1.29 is 13.9 Å².